The molecular weight excluding hydrogens is 206 g/mol. The molecular formula is C8H14NO2S2-. The fourth-order valence-electron chi connectivity index (χ4n) is 0.907. The van der Waals surface area contributed by atoms with Gasteiger partial charge in [0.15, 0.2) is 0 Å². The smallest absolute Gasteiger partial charge is 0.131 e. The highest BCUT2D eigenvalue weighted by Gasteiger charge is 2.26. The van der Waals surface area contributed by atoms with Gasteiger partial charge in [0, 0.05) is 4.75 Å². The third-order valence-corrected chi connectivity index (χ3v) is 4.84. The maximum Gasteiger partial charge on any atom is 0.131 e. The lowest BCUT2D eigenvalue weighted by atomic mass is 10.0. The van der Waals surface area contributed by atoms with E-state index in [1.54, 1.807) is 0 Å². The van der Waals surface area contributed by atoms with Crippen LogP contribution in [0.1, 0.15) is 26.7 Å². The van der Waals surface area contributed by atoms with E-state index < -0.39 is 6.09 Å². The van der Waals surface area contributed by atoms with Crippen molar-refractivity contribution in [3.8, 4) is 0 Å². The Morgan fingerprint density at radius 1 is 1.54 bits per heavy atom. The monoisotopic (exact) mass is 220 g/mol. The van der Waals surface area contributed by atoms with Crippen molar-refractivity contribution in [1.29, 1.82) is 0 Å². The van der Waals surface area contributed by atoms with Crippen LogP contribution in [-0.4, -0.2) is 10.8 Å². The van der Waals surface area contributed by atoms with E-state index in [-0.39, 0.29) is 0 Å². The van der Waals surface area contributed by atoms with Gasteiger partial charge < -0.3 is 15.6 Å². The van der Waals surface area contributed by atoms with E-state index in [0.717, 1.165) is 0 Å². The Bertz CT molecular complexity index is 187. The minimum Gasteiger partial charge on any atom is -0.530 e. The summed E-state index contributed by atoms with van der Waals surface area (Å²) in [7, 11) is 3.86. The van der Waals surface area contributed by atoms with E-state index >= 15 is 0 Å². The second-order valence-electron chi connectivity index (χ2n) is 2.57. The van der Waals surface area contributed by atoms with Gasteiger partial charge in [0.1, 0.15) is 6.09 Å². The van der Waals surface area contributed by atoms with E-state index in [4.69, 9.17) is 9.90 Å². The normalized spacial score (nSPS) is 17.7. The zero-order valence-corrected chi connectivity index (χ0v) is 9.41. The zero-order valence-electron chi connectivity index (χ0n) is 7.78. The Kier molecular flexibility index (Phi) is 6.07. The Labute approximate surface area is 86.5 Å². The van der Waals surface area contributed by atoms with Crippen molar-refractivity contribution in [2.45, 2.75) is 31.4 Å². The summed E-state index contributed by atoms with van der Waals surface area (Å²) in [5, 5.41) is 10.9. The highest BCUT2D eigenvalue weighted by Crippen LogP contribution is 2.48. The minimum absolute atomic E-state index is 0.477. The van der Waals surface area contributed by atoms with Gasteiger partial charge in [-0.3, -0.25) is 0 Å². The molecule has 0 radical (unpaired) electrons. The zero-order chi connectivity index (χ0) is 10.3. The third-order valence-electron chi connectivity index (χ3n) is 1.84. The van der Waals surface area contributed by atoms with Crippen molar-refractivity contribution in [3.63, 3.8) is 0 Å². The highest BCUT2D eigenvalue weighted by atomic mass is 33.1. The maximum atomic E-state index is 8.67. The van der Waals surface area contributed by atoms with Crippen molar-refractivity contribution < 1.29 is 9.90 Å². The second kappa shape index (κ2) is 6.21. The molecule has 1 rings (SSSR count). The largest absolute Gasteiger partial charge is 0.530 e. The van der Waals surface area contributed by atoms with Gasteiger partial charge >= 0.3 is 0 Å². The molecule has 0 bridgehead atoms. The van der Waals surface area contributed by atoms with Crippen molar-refractivity contribution in [2.24, 2.45) is 5.73 Å². The highest BCUT2D eigenvalue weighted by molar-refractivity contribution is 8.78. The van der Waals surface area contributed by atoms with Gasteiger partial charge in [-0.15, -0.1) is 0 Å². The van der Waals surface area contributed by atoms with Crippen molar-refractivity contribution in [1.82, 2.24) is 0 Å². The Balaban J connectivity index is 0.000000310. The molecule has 1 aliphatic rings. The molecule has 13 heavy (non-hydrogen) atoms. The van der Waals surface area contributed by atoms with Crippen LogP contribution in [0.15, 0.2) is 11.5 Å². The minimum atomic E-state index is -1.58. The van der Waals surface area contributed by atoms with Gasteiger partial charge in [-0.25, -0.2) is 0 Å². The number of rotatable bonds is 2. The molecule has 0 saturated heterocycles. The molecule has 0 fully saturated rings. The molecule has 2 N–H and O–H groups in total. The van der Waals surface area contributed by atoms with Gasteiger partial charge in [0.2, 0.25) is 0 Å². The molecule has 76 valence electrons. The van der Waals surface area contributed by atoms with Crippen LogP contribution in [0.25, 0.3) is 0 Å². The molecule has 3 nitrogen and oxygen atoms in total. The summed E-state index contributed by atoms with van der Waals surface area (Å²) in [6, 6.07) is 0. The maximum absolute atomic E-state index is 8.67. The Morgan fingerprint density at radius 2 is 2.00 bits per heavy atom. The molecule has 1 amide bonds. The number of nitrogens with two attached hydrogens (primary N) is 1. The van der Waals surface area contributed by atoms with Gasteiger partial charge in [-0.1, -0.05) is 41.5 Å². The van der Waals surface area contributed by atoms with Crippen molar-refractivity contribution in [2.75, 3.05) is 0 Å². The average Bonchev–Trinajstić information content (AvgIpc) is 2.52. The van der Waals surface area contributed by atoms with E-state index in [1.807, 2.05) is 21.6 Å². The lowest BCUT2D eigenvalue weighted by Gasteiger charge is -2.20. The van der Waals surface area contributed by atoms with E-state index in [0.29, 0.717) is 4.75 Å². The van der Waals surface area contributed by atoms with Crippen LogP contribution in [0.3, 0.4) is 0 Å². The number of amides is 1. The Morgan fingerprint density at radius 3 is 2.15 bits per heavy atom. The van der Waals surface area contributed by atoms with Crippen molar-refractivity contribution in [3.05, 3.63) is 11.5 Å². The second-order valence-corrected chi connectivity index (χ2v) is 5.09. The van der Waals surface area contributed by atoms with Gasteiger partial charge in [0.05, 0.1) is 0 Å². The lowest BCUT2D eigenvalue weighted by molar-refractivity contribution is -0.245. The van der Waals surface area contributed by atoms with Crippen LogP contribution in [0.5, 0.6) is 0 Å². The van der Waals surface area contributed by atoms with Gasteiger partial charge in [-0.05, 0) is 18.2 Å². The lowest BCUT2D eigenvalue weighted by Crippen LogP contribution is -2.29. The molecule has 0 unspecified atom stereocenters. The summed E-state index contributed by atoms with van der Waals surface area (Å²) in [5.74, 6) is 0. The van der Waals surface area contributed by atoms with Crippen LogP contribution in [0.4, 0.5) is 4.79 Å². The number of carbonyl (C=O) groups excluding carboxylic acids is 1. The number of hydrogen-bond acceptors (Lipinski definition) is 4. The van der Waals surface area contributed by atoms with Crippen LogP contribution >= 0.6 is 21.6 Å². The topological polar surface area (TPSA) is 66.2 Å². The number of carboxylic acid groups (broad SMARTS) is 1. The Hall–Kier alpha value is -0.290. The molecule has 0 aromatic rings. The summed E-state index contributed by atoms with van der Waals surface area (Å²) in [6.07, 6.45) is 3.28. The van der Waals surface area contributed by atoms with Crippen LogP contribution in [0, 0.1) is 0 Å². The fourth-order valence-corrected chi connectivity index (χ4v) is 3.70. The number of hydrogen-bond donors (Lipinski definition) is 1. The molecule has 0 atom stereocenters. The fraction of sp³-hybridized carbons (Fsp3) is 0.625. The predicted molar refractivity (Wildman–Crippen MR) is 57.2 cm³/mol. The first-order valence-electron chi connectivity index (χ1n) is 4.05. The summed E-state index contributed by atoms with van der Waals surface area (Å²) in [4.78, 5) is 8.67. The third kappa shape index (κ3) is 5.10. The first kappa shape index (κ1) is 12.7. The molecule has 0 saturated carbocycles. The quantitative estimate of drug-likeness (QED) is 0.720. The molecule has 0 spiro atoms. The van der Waals surface area contributed by atoms with Crippen molar-refractivity contribution >= 4 is 27.7 Å². The number of carbonyl (C=O) groups is 1. The van der Waals surface area contributed by atoms with E-state index in [2.05, 4.69) is 31.1 Å². The summed E-state index contributed by atoms with van der Waals surface area (Å²) in [6.45, 7) is 4.51. The average molecular weight is 220 g/mol. The predicted octanol–water partition coefficient (Wildman–Crippen LogP) is 1.74. The summed E-state index contributed by atoms with van der Waals surface area (Å²) in [5.41, 5.74) is 3.92. The molecule has 1 heterocycles. The van der Waals surface area contributed by atoms with Crippen LogP contribution in [0.2, 0.25) is 0 Å². The molecule has 0 aromatic carbocycles. The van der Waals surface area contributed by atoms with Crippen LogP contribution in [-0.2, 0) is 0 Å². The standard InChI is InChI=1S/C7H12S2.CH3NO2/c1-3-7(4-2)5-6-8-9-7;2-1(3)4/h5-6H,3-4H2,1-2H3;2H2,(H,3,4)/p-1. The SMILES string of the molecule is CCC1(CC)C=CSS1.NC(=O)[O-]. The van der Waals surface area contributed by atoms with Gasteiger partial charge in [-0.2, -0.15) is 0 Å². The molecule has 5 heteroatoms. The van der Waals surface area contributed by atoms with Gasteiger partial charge in [0.25, 0.3) is 0 Å². The summed E-state index contributed by atoms with van der Waals surface area (Å²) < 4.78 is 0.477. The first-order valence-corrected chi connectivity index (χ1v) is 6.26. The summed E-state index contributed by atoms with van der Waals surface area (Å²) >= 11 is 0. The molecule has 0 aliphatic carbocycles. The number of primary amides is 1. The van der Waals surface area contributed by atoms with Crippen LogP contribution < -0.4 is 10.8 Å². The van der Waals surface area contributed by atoms with E-state index in [1.165, 1.54) is 12.8 Å². The first-order chi connectivity index (χ1) is 6.06. The molecule has 1 aliphatic heterocycles. The van der Waals surface area contributed by atoms with E-state index in [9.17, 15) is 0 Å². The molecule has 0 aromatic heterocycles.